The van der Waals surface area contributed by atoms with Crippen molar-refractivity contribution in [2.45, 2.75) is 6.92 Å². The molecule has 0 atom stereocenters. The van der Waals surface area contributed by atoms with Crippen molar-refractivity contribution in [3.8, 4) is 0 Å². The SMILES string of the molecule is Cc1cccc(Cl)c1NC(=S)NC(=N)N. The lowest BCUT2D eigenvalue weighted by Crippen LogP contribution is -2.38. The van der Waals surface area contributed by atoms with E-state index in [-0.39, 0.29) is 11.1 Å². The first-order chi connectivity index (χ1) is 7.00. The van der Waals surface area contributed by atoms with E-state index in [4.69, 9.17) is 35.0 Å². The Morgan fingerprint density at radius 2 is 2.20 bits per heavy atom. The van der Waals surface area contributed by atoms with Crippen molar-refractivity contribution in [3.05, 3.63) is 28.8 Å². The van der Waals surface area contributed by atoms with Gasteiger partial charge in [-0.05, 0) is 30.8 Å². The maximum atomic E-state index is 7.00. The number of para-hydroxylation sites is 1. The summed E-state index contributed by atoms with van der Waals surface area (Å²) in [5, 5.41) is 13.2. The summed E-state index contributed by atoms with van der Waals surface area (Å²) in [5.41, 5.74) is 6.82. The summed E-state index contributed by atoms with van der Waals surface area (Å²) < 4.78 is 0. The van der Waals surface area contributed by atoms with Gasteiger partial charge >= 0.3 is 0 Å². The number of hydrogen-bond donors (Lipinski definition) is 4. The van der Waals surface area contributed by atoms with Crippen molar-refractivity contribution in [1.82, 2.24) is 5.32 Å². The van der Waals surface area contributed by atoms with E-state index in [2.05, 4.69) is 10.6 Å². The lowest BCUT2D eigenvalue weighted by Gasteiger charge is -2.12. The minimum Gasteiger partial charge on any atom is -0.370 e. The predicted octanol–water partition coefficient (Wildman–Crippen LogP) is 1.83. The molecule has 0 aliphatic heterocycles. The second-order valence-corrected chi connectivity index (χ2v) is 3.74. The molecule has 80 valence electrons. The van der Waals surface area contributed by atoms with E-state index in [1.165, 1.54) is 0 Å². The molecule has 0 heterocycles. The second-order valence-electron chi connectivity index (χ2n) is 2.92. The molecule has 15 heavy (non-hydrogen) atoms. The zero-order valence-electron chi connectivity index (χ0n) is 8.10. The van der Waals surface area contributed by atoms with Crippen molar-refractivity contribution in [2.75, 3.05) is 5.32 Å². The fraction of sp³-hybridized carbons (Fsp3) is 0.111. The number of nitrogens with one attached hydrogen (secondary N) is 3. The molecule has 4 nitrogen and oxygen atoms in total. The molecule has 0 aliphatic rings. The van der Waals surface area contributed by atoms with Gasteiger partial charge in [0.05, 0.1) is 10.7 Å². The van der Waals surface area contributed by atoms with Crippen LogP contribution in [-0.4, -0.2) is 11.1 Å². The van der Waals surface area contributed by atoms with Crippen LogP contribution < -0.4 is 16.4 Å². The lowest BCUT2D eigenvalue weighted by molar-refractivity contribution is 1.25. The van der Waals surface area contributed by atoms with E-state index in [0.29, 0.717) is 5.02 Å². The highest BCUT2D eigenvalue weighted by molar-refractivity contribution is 7.80. The van der Waals surface area contributed by atoms with Gasteiger partial charge < -0.3 is 16.4 Å². The van der Waals surface area contributed by atoms with Crippen LogP contribution in [0.3, 0.4) is 0 Å². The predicted molar refractivity (Wildman–Crippen MR) is 67.5 cm³/mol. The summed E-state index contributed by atoms with van der Waals surface area (Å²) in [6, 6.07) is 5.52. The molecule has 1 aromatic carbocycles. The zero-order valence-corrected chi connectivity index (χ0v) is 9.67. The Kier molecular flexibility index (Phi) is 3.88. The average Bonchev–Trinajstić information content (AvgIpc) is 2.10. The Morgan fingerprint density at radius 1 is 1.53 bits per heavy atom. The quantitative estimate of drug-likeness (QED) is 0.344. The Bertz CT molecular complexity index is 385. The van der Waals surface area contributed by atoms with Gasteiger partial charge in [-0.1, -0.05) is 23.7 Å². The first kappa shape index (κ1) is 11.7. The maximum absolute atomic E-state index is 7.00. The summed E-state index contributed by atoms with van der Waals surface area (Å²) in [6.45, 7) is 1.91. The van der Waals surface area contributed by atoms with Crippen molar-refractivity contribution in [3.63, 3.8) is 0 Å². The van der Waals surface area contributed by atoms with Crippen LogP contribution in [0.15, 0.2) is 18.2 Å². The molecule has 6 heteroatoms. The molecule has 1 aromatic rings. The first-order valence-corrected chi connectivity index (χ1v) is 4.96. The first-order valence-electron chi connectivity index (χ1n) is 4.18. The van der Waals surface area contributed by atoms with E-state index < -0.39 is 0 Å². The largest absolute Gasteiger partial charge is 0.370 e. The number of aryl methyl sites for hydroxylation is 1. The van der Waals surface area contributed by atoms with Crippen LogP contribution in [-0.2, 0) is 0 Å². The van der Waals surface area contributed by atoms with Gasteiger partial charge in [0.25, 0.3) is 0 Å². The Hall–Kier alpha value is -1.33. The fourth-order valence-electron chi connectivity index (χ4n) is 1.06. The van der Waals surface area contributed by atoms with E-state index in [9.17, 15) is 0 Å². The minimum absolute atomic E-state index is 0.211. The summed E-state index contributed by atoms with van der Waals surface area (Å²) in [4.78, 5) is 0. The van der Waals surface area contributed by atoms with E-state index in [1.54, 1.807) is 6.07 Å². The molecule has 0 aliphatic carbocycles. The van der Waals surface area contributed by atoms with Gasteiger partial charge in [0.2, 0.25) is 0 Å². The second kappa shape index (κ2) is 4.95. The van der Waals surface area contributed by atoms with Crippen LogP contribution in [0.4, 0.5) is 5.69 Å². The van der Waals surface area contributed by atoms with Crippen LogP contribution in [0.1, 0.15) is 5.56 Å². The Labute approximate surface area is 98.3 Å². The topological polar surface area (TPSA) is 73.9 Å². The summed E-state index contributed by atoms with van der Waals surface area (Å²) in [7, 11) is 0. The molecule has 0 amide bonds. The minimum atomic E-state index is -0.211. The molecular weight excluding hydrogens is 232 g/mol. The molecule has 5 N–H and O–H groups in total. The maximum Gasteiger partial charge on any atom is 0.192 e. The third kappa shape index (κ3) is 3.38. The van der Waals surface area contributed by atoms with Crippen molar-refractivity contribution >= 4 is 40.6 Å². The highest BCUT2D eigenvalue weighted by Gasteiger charge is 2.05. The molecule has 0 bridgehead atoms. The third-order valence-corrected chi connectivity index (χ3v) is 2.23. The van der Waals surface area contributed by atoms with Gasteiger partial charge in [-0.3, -0.25) is 5.41 Å². The summed E-state index contributed by atoms with van der Waals surface area (Å²) in [6.07, 6.45) is 0. The van der Waals surface area contributed by atoms with E-state index in [1.807, 2.05) is 19.1 Å². The smallest absolute Gasteiger partial charge is 0.192 e. The molecule has 0 unspecified atom stereocenters. The zero-order chi connectivity index (χ0) is 11.4. The monoisotopic (exact) mass is 242 g/mol. The molecule has 0 saturated heterocycles. The molecular formula is C9H11ClN4S. The summed E-state index contributed by atoms with van der Waals surface area (Å²) >= 11 is 10.9. The third-order valence-electron chi connectivity index (χ3n) is 1.71. The van der Waals surface area contributed by atoms with Crippen LogP contribution in [0, 0.1) is 12.3 Å². The molecule has 1 rings (SSSR count). The van der Waals surface area contributed by atoms with Gasteiger partial charge in [-0.2, -0.15) is 0 Å². The van der Waals surface area contributed by atoms with E-state index in [0.717, 1.165) is 11.3 Å². The van der Waals surface area contributed by atoms with Gasteiger partial charge in [-0.15, -0.1) is 0 Å². The number of guanidine groups is 1. The fourth-order valence-corrected chi connectivity index (χ4v) is 1.54. The van der Waals surface area contributed by atoms with Crippen molar-refractivity contribution < 1.29 is 0 Å². The van der Waals surface area contributed by atoms with Gasteiger partial charge in [0, 0.05) is 0 Å². The number of benzene rings is 1. The Balaban J connectivity index is 2.80. The van der Waals surface area contributed by atoms with Crippen LogP contribution in [0.2, 0.25) is 5.02 Å². The van der Waals surface area contributed by atoms with Gasteiger partial charge in [0.15, 0.2) is 11.1 Å². The van der Waals surface area contributed by atoms with Crippen LogP contribution in [0.5, 0.6) is 0 Å². The molecule has 0 spiro atoms. The highest BCUT2D eigenvalue weighted by Crippen LogP contribution is 2.24. The van der Waals surface area contributed by atoms with Gasteiger partial charge in [0.1, 0.15) is 0 Å². The van der Waals surface area contributed by atoms with Crippen LogP contribution in [0.25, 0.3) is 0 Å². The van der Waals surface area contributed by atoms with Crippen LogP contribution >= 0.6 is 23.8 Å². The normalized spacial score (nSPS) is 9.47. The number of anilines is 1. The molecule has 0 fully saturated rings. The Morgan fingerprint density at radius 3 is 2.73 bits per heavy atom. The highest BCUT2D eigenvalue weighted by atomic mass is 35.5. The standard InChI is InChI=1S/C9H11ClN4S/c1-5-3-2-4-6(10)7(5)13-9(15)14-8(11)12/h2-4H,1H3,(H5,11,12,13,14,15). The molecule has 0 saturated carbocycles. The van der Waals surface area contributed by atoms with Crippen molar-refractivity contribution in [1.29, 1.82) is 5.41 Å². The lowest BCUT2D eigenvalue weighted by atomic mass is 10.2. The summed E-state index contributed by atoms with van der Waals surface area (Å²) in [5.74, 6) is -0.211. The number of thiocarbonyl (C=S) groups is 1. The van der Waals surface area contributed by atoms with Crippen molar-refractivity contribution in [2.24, 2.45) is 5.73 Å². The molecule has 0 aromatic heterocycles. The molecule has 0 radical (unpaired) electrons. The number of nitrogens with two attached hydrogens (primary N) is 1. The average molecular weight is 243 g/mol. The number of rotatable bonds is 1. The number of halogens is 1. The number of hydrogen-bond acceptors (Lipinski definition) is 2. The van der Waals surface area contributed by atoms with Gasteiger partial charge in [-0.25, -0.2) is 0 Å². The van der Waals surface area contributed by atoms with E-state index >= 15 is 0 Å².